The highest BCUT2D eigenvalue weighted by Crippen LogP contribution is 2.20. The van der Waals surface area contributed by atoms with Gasteiger partial charge in [0.15, 0.2) is 0 Å². The molecule has 0 fully saturated rings. The van der Waals surface area contributed by atoms with E-state index in [9.17, 15) is 14.4 Å². The fourth-order valence-corrected chi connectivity index (χ4v) is 2.79. The van der Waals surface area contributed by atoms with Crippen molar-refractivity contribution in [2.24, 2.45) is 0 Å². The second-order valence-electron chi connectivity index (χ2n) is 6.54. The van der Waals surface area contributed by atoms with Crippen molar-refractivity contribution in [1.82, 2.24) is 14.9 Å². The van der Waals surface area contributed by atoms with Crippen LogP contribution >= 0.6 is 0 Å². The Balaban J connectivity index is 1.71. The zero-order valence-electron chi connectivity index (χ0n) is 15.7. The van der Waals surface area contributed by atoms with E-state index < -0.39 is 12.1 Å². The Bertz CT molecular complexity index is 1040. The van der Waals surface area contributed by atoms with E-state index in [1.165, 1.54) is 4.90 Å². The number of para-hydroxylation sites is 1. The summed E-state index contributed by atoms with van der Waals surface area (Å²) in [5.74, 6) is -0.465. The summed E-state index contributed by atoms with van der Waals surface area (Å²) in [5.41, 5.74) is 0.922. The van der Waals surface area contributed by atoms with Gasteiger partial charge in [-0.1, -0.05) is 42.5 Å². The van der Waals surface area contributed by atoms with Crippen molar-refractivity contribution in [2.45, 2.75) is 18.9 Å². The number of rotatable bonds is 6. The average molecular weight is 379 g/mol. The Morgan fingerprint density at radius 3 is 2.46 bits per heavy atom. The largest absolute Gasteiger partial charge is 0.447 e. The molecule has 1 aromatic heterocycles. The van der Waals surface area contributed by atoms with Crippen LogP contribution < -0.4 is 5.56 Å². The molecule has 0 saturated heterocycles. The number of nitrogens with one attached hydrogen (secondary N) is 1. The van der Waals surface area contributed by atoms with E-state index in [1.54, 1.807) is 62.6 Å². The average Bonchev–Trinajstić information content (AvgIpc) is 2.70. The SMILES string of the molecule is CN(C)C(=O)[C@H](OC(=O)CCc1nc2ccccc2c(=O)[nH]1)c1ccccc1. The van der Waals surface area contributed by atoms with E-state index in [4.69, 9.17) is 4.74 Å². The van der Waals surface area contributed by atoms with Gasteiger partial charge in [-0.05, 0) is 12.1 Å². The van der Waals surface area contributed by atoms with Crippen molar-refractivity contribution in [3.63, 3.8) is 0 Å². The second-order valence-corrected chi connectivity index (χ2v) is 6.54. The van der Waals surface area contributed by atoms with Crippen LogP contribution in [0.25, 0.3) is 10.9 Å². The van der Waals surface area contributed by atoms with Crippen molar-refractivity contribution in [3.8, 4) is 0 Å². The first-order valence-corrected chi connectivity index (χ1v) is 8.89. The van der Waals surface area contributed by atoms with Crippen LogP contribution in [0.5, 0.6) is 0 Å². The quantitative estimate of drug-likeness (QED) is 0.663. The van der Waals surface area contributed by atoms with E-state index >= 15 is 0 Å². The van der Waals surface area contributed by atoms with Crippen LogP contribution in [0, 0.1) is 0 Å². The number of H-pyrrole nitrogens is 1. The molecule has 3 rings (SSSR count). The molecule has 0 bridgehead atoms. The molecular formula is C21H21N3O4. The van der Waals surface area contributed by atoms with E-state index in [0.717, 1.165) is 0 Å². The lowest BCUT2D eigenvalue weighted by molar-refractivity contribution is -0.159. The lowest BCUT2D eigenvalue weighted by Gasteiger charge is -2.21. The van der Waals surface area contributed by atoms with Gasteiger partial charge in [0.1, 0.15) is 5.82 Å². The monoisotopic (exact) mass is 379 g/mol. The predicted molar refractivity (Wildman–Crippen MR) is 105 cm³/mol. The Morgan fingerprint density at radius 2 is 1.75 bits per heavy atom. The van der Waals surface area contributed by atoms with Gasteiger partial charge >= 0.3 is 5.97 Å². The maximum absolute atomic E-state index is 12.4. The van der Waals surface area contributed by atoms with Crippen LogP contribution in [-0.2, 0) is 20.7 Å². The molecule has 2 aromatic carbocycles. The van der Waals surface area contributed by atoms with E-state index in [2.05, 4.69) is 9.97 Å². The summed E-state index contributed by atoms with van der Waals surface area (Å²) in [6.45, 7) is 0. The van der Waals surface area contributed by atoms with Crippen molar-refractivity contribution < 1.29 is 14.3 Å². The number of amides is 1. The lowest BCUT2D eigenvalue weighted by Crippen LogP contribution is -2.31. The van der Waals surface area contributed by atoms with Crippen molar-refractivity contribution in [1.29, 1.82) is 0 Å². The van der Waals surface area contributed by atoms with Gasteiger partial charge in [0.25, 0.3) is 11.5 Å². The van der Waals surface area contributed by atoms with E-state index in [1.807, 2.05) is 6.07 Å². The number of benzene rings is 2. The topological polar surface area (TPSA) is 92.4 Å². The lowest BCUT2D eigenvalue weighted by atomic mass is 10.1. The molecule has 0 radical (unpaired) electrons. The van der Waals surface area contributed by atoms with Gasteiger partial charge in [-0.3, -0.25) is 14.4 Å². The van der Waals surface area contributed by atoms with Gasteiger partial charge in [0.05, 0.1) is 17.3 Å². The standard InChI is InChI=1S/C21H21N3O4/c1-24(2)21(27)19(14-8-4-3-5-9-14)28-18(25)13-12-17-22-16-11-7-6-10-15(16)20(26)23-17/h3-11,19H,12-13H2,1-2H3,(H,22,23,26)/t19-/m1/s1. The molecule has 1 atom stereocenters. The third-order valence-electron chi connectivity index (χ3n) is 4.24. The molecule has 0 aliphatic rings. The van der Waals surface area contributed by atoms with Crippen LogP contribution in [0.3, 0.4) is 0 Å². The van der Waals surface area contributed by atoms with Crippen LogP contribution in [0.4, 0.5) is 0 Å². The molecule has 1 N–H and O–H groups in total. The maximum atomic E-state index is 12.4. The first kappa shape index (κ1) is 19.3. The Kier molecular flexibility index (Phi) is 5.84. The van der Waals surface area contributed by atoms with Gasteiger partial charge in [0, 0.05) is 26.1 Å². The van der Waals surface area contributed by atoms with Crippen molar-refractivity contribution >= 4 is 22.8 Å². The van der Waals surface area contributed by atoms with Crippen LogP contribution in [0.2, 0.25) is 0 Å². The molecule has 0 saturated carbocycles. The minimum atomic E-state index is -1.01. The summed E-state index contributed by atoms with van der Waals surface area (Å²) in [6.07, 6.45) is -0.811. The summed E-state index contributed by atoms with van der Waals surface area (Å²) in [7, 11) is 3.21. The molecule has 144 valence electrons. The molecule has 0 unspecified atom stereocenters. The second kappa shape index (κ2) is 8.47. The molecule has 3 aromatic rings. The Hall–Kier alpha value is -3.48. The molecule has 7 heteroatoms. The summed E-state index contributed by atoms with van der Waals surface area (Å²) in [5, 5.41) is 0.495. The third kappa shape index (κ3) is 4.43. The molecule has 1 amide bonds. The Morgan fingerprint density at radius 1 is 1.07 bits per heavy atom. The molecule has 0 spiro atoms. The number of aryl methyl sites for hydroxylation is 1. The molecule has 0 aliphatic carbocycles. The number of likely N-dealkylation sites (N-methyl/N-ethyl adjacent to an activating group) is 1. The van der Waals surface area contributed by atoms with Gasteiger partial charge < -0.3 is 14.6 Å². The number of esters is 1. The highest BCUT2D eigenvalue weighted by atomic mass is 16.5. The summed E-state index contributed by atoms with van der Waals surface area (Å²) < 4.78 is 5.45. The van der Waals surface area contributed by atoms with Gasteiger partial charge in [-0.15, -0.1) is 0 Å². The first-order chi connectivity index (χ1) is 13.5. The normalized spacial score (nSPS) is 11.8. The number of carbonyl (C=O) groups excluding carboxylic acids is 2. The van der Waals surface area contributed by atoms with Gasteiger partial charge in [-0.25, -0.2) is 4.98 Å². The van der Waals surface area contributed by atoms with Gasteiger partial charge in [0.2, 0.25) is 6.10 Å². The van der Waals surface area contributed by atoms with Crippen LogP contribution in [-0.4, -0.2) is 40.8 Å². The summed E-state index contributed by atoms with van der Waals surface area (Å²) >= 11 is 0. The molecule has 1 heterocycles. The maximum Gasteiger partial charge on any atom is 0.307 e. The summed E-state index contributed by atoms with van der Waals surface area (Å²) in [6, 6.07) is 15.9. The molecule has 28 heavy (non-hydrogen) atoms. The zero-order valence-corrected chi connectivity index (χ0v) is 15.7. The number of nitrogens with zero attached hydrogens (tertiary/aromatic N) is 2. The fraction of sp³-hybridized carbons (Fsp3) is 0.238. The van der Waals surface area contributed by atoms with Crippen LogP contribution in [0.15, 0.2) is 59.4 Å². The van der Waals surface area contributed by atoms with Gasteiger partial charge in [-0.2, -0.15) is 0 Å². The van der Waals surface area contributed by atoms with Crippen molar-refractivity contribution in [2.75, 3.05) is 14.1 Å². The number of aromatic amines is 1. The van der Waals surface area contributed by atoms with Crippen LogP contribution in [0.1, 0.15) is 23.9 Å². The predicted octanol–water partition coefficient (Wildman–Crippen LogP) is 2.23. The molecule has 0 aliphatic heterocycles. The number of fused-ring (bicyclic) bond motifs is 1. The molecular weight excluding hydrogens is 358 g/mol. The van der Waals surface area contributed by atoms with Crippen molar-refractivity contribution in [3.05, 3.63) is 76.3 Å². The Labute approximate surface area is 162 Å². The summed E-state index contributed by atoms with van der Waals surface area (Å²) in [4.78, 5) is 45.3. The number of carbonyl (C=O) groups is 2. The fourth-order valence-electron chi connectivity index (χ4n) is 2.79. The highest BCUT2D eigenvalue weighted by molar-refractivity contribution is 5.84. The number of hydrogen-bond acceptors (Lipinski definition) is 5. The number of hydrogen-bond donors (Lipinski definition) is 1. The first-order valence-electron chi connectivity index (χ1n) is 8.89. The van der Waals surface area contributed by atoms with E-state index in [0.29, 0.717) is 22.3 Å². The smallest absolute Gasteiger partial charge is 0.307 e. The minimum absolute atomic E-state index is 0.00861. The number of aromatic nitrogens is 2. The number of ether oxygens (including phenoxy) is 1. The zero-order chi connectivity index (χ0) is 20.1. The minimum Gasteiger partial charge on any atom is -0.447 e. The molecule has 7 nitrogen and oxygen atoms in total. The van der Waals surface area contributed by atoms with E-state index in [-0.39, 0.29) is 24.3 Å². The highest BCUT2D eigenvalue weighted by Gasteiger charge is 2.26. The third-order valence-corrected chi connectivity index (χ3v) is 4.24.